The highest BCUT2D eigenvalue weighted by Gasteiger charge is 2.52. The Morgan fingerprint density at radius 2 is 1.93 bits per heavy atom. The molecule has 0 radical (unpaired) electrons. The summed E-state index contributed by atoms with van der Waals surface area (Å²) in [6.07, 6.45) is 0.550. The van der Waals surface area contributed by atoms with Crippen molar-refractivity contribution in [3.8, 4) is 0 Å². The van der Waals surface area contributed by atoms with Gasteiger partial charge in [0.1, 0.15) is 11.4 Å². The topological polar surface area (TPSA) is 78.5 Å². The van der Waals surface area contributed by atoms with E-state index in [1.165, 1.54) is 12.1 Å². The van der Waals surface area contributed by atoms with Gasteiger partial charge in [0, 0.05) is 5.92 Å². The standard InChI is InChI=1S/C20H18FN3O3/c1-20(13-7-3-2-4-8-13)18(26)24(19(27)22-20)23-17(25)16-11-15(16)12-6-5-9-14(21)10-12/h2-10,15-16H,11H2,1H3,(H,22,27)(H,23,25). The maximum atomic E-state index is 13.4. The monoisotopic (exact) mass is 367 g/mol. The quantitative estimate of drug-likeness (QED) is 0.815. The van der Waals surface area contributed by atoms with Crippen molar-refractivity contribution in [2.45, 2.75) is 24.8 Å². The van der Waals surface area contributed by atoms with Gasteiger partial charge in [0.25, 0.3) is 5.91 Å². The Bertz CT molecular complexity index is 933. The van der Waals surface area contributed by atoms with Crippen molar-refractivity contribution >= 4 is 17.8 Å². The number of benzene rings is 2. The number of carbonyl (C=O) groups is 3. The maximum Gasteiger partial charge on any atom is 0.344 e. The van der Waals surface area contributed by atoms with E-state index in [0.717, 1.165) is 10.6 Å². The zero-order valence-electron chi connectivity index (χ0n) is 14.6. The molecule has 1 aliphatic carbocycles. The third-order valence-corrected chi connectivity index (χ3v) is 5.17. The summed E-state index contributed by atoms with van der Waals surface area (Å²) >= 11 is 0. The van der Waals surface area contributed by atoms with Crippen LogP contribution >= 0.6 is 0 Å². The Kier molecular flexibility index (Phi) is 3.95. The van der Waals surface area contributed by atoms with Crippen molar-refractivity contribution in [3.63, 3.8) is 0 Å². The number of urea groups is 1. The Balaban J connectivity index is 1.46. The molecule has 2 aromatic rings. The summed E-state index contributed by atoms with van der Waals surface area (Å²) in [5, 5.41) is 3.37. The van der Waals surface area contributed by atoms with Gasteiger partial charge in [-0.25, -0.2) is 9.18 Å². The number of carbonyl (C=O) groups excluding carboxylic acids is 3. The van der Waals surface area contributed by atoms with Gasteiger partial charge in [0.2, 0.25) is 5.91 Å². The summed E-state index contributed by atoms with van der Waals surface area (Å²) in [6, 6.07) is 14.3. The van der Waals surface area contributed by atoms with Crippen LogP contribution < -0.4 is 10.7 Å². The first-order chi connectivity index (χ1) is 12.9. The van der Waals surface area contributed by atoms with Crippen molar-refractivity contribution in [2.75, 3.05) is 0 Å². The minimum Gasteiger partial charge on any atom is -0.318 e. The number of hydrogen-bond donors (Lipinski definition) is 2. The number of rotatable bonds is 4. The van der Waals surface area contributed by atoms with Crippen molar-refractivity contribution in [1.29, 1.82) is 0 Å². The first-order valence-corrected chi connectivity index (χ1v) is 8.68. The Hall–Kier alpha value is -3.22. The zero-order chi connectivity index (χ0) is 19.2. The fraction of sp³-hybridized carbons (Fsp3) is 0.250. The predicted molar refractivity (Wildman–Crippen MR) is 94.6 cm³/mol. The Morgan fingerprint density at radius 3 is 2.63 bits per heavy atom. The van der Waals surface area contributed by atoms with Gasteiger partial charge < -0.3 is 5.32 Å². The van der Waals surface area contributed by atoms with Crippen molar-refractivity contribution in [2.24, 2.45) is 5.92 Å². The second-order valence-electron chi connectivity index (χ2n) is 7.04. The number of halogens is 1. The lowest BCUT2D eigenvalue weighted by molar-refractivity contribution is -0.139. The number of amides is 4. The van der Waals surface area contributed by atoms with Crippen LogP contribution in [0.2, 0.25) is 0 Å². The van der Waals surface area contributed by atoms with E-state index in [-0.39, 0.29) is 11.7 Å². The summed E-state index contributed by atoms with van der Waals surface area (Å²) < 4.78 is 13.4. The molecule has 1 heterocycles. The molecule has 6 nitrogen and oxygen atoms in total. The average molecular weight is 367 g/mol. The van der Waals surface area contributed by atoms with Gasteiger partial charge in [-0.1, -0.05) is 42.5 Å². The summed E-state index contributed by atoms with van der Waals surface area (Å²) in [7, 11) is 0. The molecular formula is C20H18FN3O3. The average Bonchev–Trinajstić information content (AvgIpc) is 3.43. The molecule has 7 heteroatoms. The van der Waals surface area contributed by atoms with Crippen LogP contribution in [0.3, 0.4) is 0 Å². The van der Waals surface area contributed by atoms with Gasteiger partial charge in [-0.3, -0.25) is 15.0 Å². The van der Waals surface area contributed by atoms with Crippen molar-refractivity contribution in [3.05, 3.63) is 71.5 Å². The number of imide groups is 1. The van der Waals surface area contributed by atoms with E-state index < -0.39 is 29.3 Å². The van der Waals surface area contributed by atoms with E-state index in [0.29, 0.717) is 12.0 Å². The van der Waals surface area contributed by atoms with Crippen molar-refractivity contribution in [1.82, 2.24) is 15.8 Å². The second kappa shape index (κ2) is 6.19. The lowest BCUT2D eigenvalue weighted by Gasteiger charge is -2.22. The molecule has 2 aromatic carbocycles. The van der Waals surface area contributed by atoms with Gasteiger partial charge in [-0.2, -0.15) is 5.01 Å². The molecule has 1 saturated heterocycles. The molecule has 2 N–H and O–H groups in total. The Labute approximate surface area is 155 Å². The minimum atomic E-state index is -1.24. The van der Waals surface area contributed by atoms with Gasteiger partial charge >= 0.3 is 6.03 Å². The molecule has 2 fully saturated rings. The molecule has 2 aliphatic rings. The molecular weight excluding hydrogens is 349 g/mol. The van der Waals surface area contributed by atoms with E-state index in [1.54, 1.807) is 43.3 Å². The highest BCUT2D eigenvalue weighted by atomic mass is 19.1. The van der Waals surface area contributed by atoms with Crippen LogP contribution in [-0.4, -0.2) is 22.9 Å². The van der Waals surface area contributed by atoms with Gasteiger partial charge in [-0.15, -0.1) is 0 Å². The van der Waals surface area contributed by atoms with Crippen LogP contribution in [0.1, 0.15) is 30.4 Å². The number of hydrogen-bond acceptors (Lipinski definition) is 3. The molecule has 1 saturated carbocycles. The predicted octanol–water partition coefficient (Wildman–Crippen LogP) is 2.43. The molecule has 4 rings (SSSR count). The first-order valence-electron chi connectivity index (χ1n) is 8.68. The lowest BCUT2D eigenvalue weighted by atomic mass is 9.92. The van der Waals surface area contributed by atoms with E-state index >= 15 is 0 Å². The second-order valence-corrected chi connectivity index (χ2v) is 7.04. The molecule has 4 amide bonds. The number of nitrogens with zero attached hydrogens (tertiary/aromatic N) is 1. The highest BCUT2D eigenvalue weighted by molar-refractivity contribution is 6.08. The molecule has 27 heavy (non-hydrogen) atoms. The van der Waals surface area contributed by atoms with Crippen molar-refractivity contribution < 1.29 is 18.8 Å². The van der Waals surface area contributed by atoms with Crippen LogP contribution in [0.4, 0.5) is 9.18 Å². The fourth-order valence-electron chi connectivity index (χ4n) is 3.49. The Morgan fingerprint density at radius 1 is 1.19 bits per heavy atom. The molecule has 3 unspecified atom stereocenters. The van der Waals surface area contributed by atoms with E-state index in [1.807, 2.05) is 6.07 Å². The van der Waals surface area contributed by atoms with Crippen LogP contribution in [0.5, 0.6) is 0 Å². The van der Waals surface area contributed by atoms with Crippen LogP contribution in [0.25, 0.3) is 0 Å². The summed E-state index contributed by atoms with van der Waals surface area (Å²) in [6.45, 7) is 1.60. The lowest BCUT2D eigenvalue weighted by Crippen LogP contribution is -2.48. The van der Waals surface area contributed by atoms with E-state index in [9.17, 15) is 18.8 Å². The third kappa shape index (κ3) is 2.95. The van der Waals surface area contributed by atoms with E-state index in [2.05, 4.69) is 10.7 Å². The zero-order valence-corrected chi connectivity index (χ0v) is 14.6. The molecule has 138 valence electrons. The van der Waals surface area contributed by atoms with Crippen LogP contribution in [-0.2, 0) is 15.1 Å². The molecule has 3 atom stereocenters. The number of nitrogens with one attached hydrogen (secondary N) is 2. The normalized spacial score (nSPS) is 26.7. The summed E-state index contributed by atoms with van der Waals surface area (Å²) in [4.78, 5) is 37.6. The van der Waals surface area contributed by atoms with Gasteiger partial charge in [-0.05, 0) is 42.5 Å². The highest BCUT2D eigenvalue weighted by Crippen LogP contribution is 2.47. The molecule has 0 bridgehead atoms. The van der Waals surface area contributed by atoms with Crippen LogP contribution in [0, 0.1) is 11.7 Å². The smallest absolute Gasteiger partial charge is 0.318 e. The molecule has 0 aromatic heterocycles. The van der Waals surface area contributed by atoms with Gasteiger partial charge in [0.05, 0.1) is 0 Å². The fourth-order valence-corrected chi connectivity index (χ4v) is 3.49. The number of hydrazine groups is 1. The third-order valence-electron chi connectivity index (χ3n) is 5.17. The summed E-state index contributed by atoms with van der Waals surface area (Å²) in [5.41, 5.74) is 2.55. The first kappa shape index (κ1) is 17.2. The minimum absolute atomic E-state index is 0.109. The van der Waals surface area contributed by atoms with Crippen LogP contribution in [0.15, 0.2) is 54.6 Å². The van der Waals surface area contributed by atoms with Gasteiger partial charge in [0.15, 0.2) is 0 Å². The molecule has 1 aliphatic heterocycles. The summed E-state index contributed by atoms with van der Waals surface area (Å²) in [5.74, 6) is -1.83. The van der Waals surface area contributed by atoms with E-state index in [4.69, 9.17) is 0 Å². The SMILES string of the molecule is CC1(c2ccccc2)NC(=O)N(NC(=O)C2CC2c2cccc(F)c2)C1=O. The largest absolute Gasteiger partial charge is 0.344 e. The maximum absolute atomic E-state index is 13.4. The molecule has 0 spiro atoms.